The highest BCUT2D eigenvalue weighted by Gasteiger charge is 2.27. The molecule has 1 atom stereocenters. The van der Waals surface area contributed by atoms with E-state index in [0.29, 0.717) is 30.3 Å². The van der Waals surface area contributed by atoms with Gasteiger partial charge in [0.25, 0.3) is 5.91 Å². The Hall–Kier alpha value is -1.98. The number of aryl methyl sites for hydroxylation is 1. The van der Waals surface area contributed by atoms with Gasteiger partial charge < -0.3 is 21.7 Å². The molecular weight excluding hydrogens is 455 g/mol. The second-order valence-corrected chi connectivity index (χ2v) is 6.55. The van der Waals surface area contributed by atoms with Crippen LogP contribution in [-0.2, 0) is 4.79 Å². The lowest BCUT2D eigenvalue weighted by Gasteiger charge is -2.33. The van der Waals surface area contributed by atoms with Gasteiger partial charge >= 0.3 is 0 Å². The van der Waals surface area contributed by atoms with Crippen LogP contribution in [0.2, 0.25) is 0 Å². The molecular formula is C17H27Cl3N8O2. The summed E-state index contributed by atoms with van der Waals surface area (Å²) in [5.41, 5.74) is 12.1. The Balaban J connectivity index is 0.00000280. The van der Waals surface area contributed by atoms with E-state index in [2.05, 4.69) is 20.4 Å². The van der Waals surface area contributed by atoms with E-state index in [1.807, 2.05) is 4.68 Å². The first kappa shape index (κ1) is 28.0. The number of carbonyl (C=O) groups excluding carboxylic acids is 2. The zero-order valence-corrected chi connectivity index (χ0v) is 18.9. The molecule has 30 heavy (non-hydrogen) atoms. The molecule has 1 fully saturated rings. The van der Waals surface area contributed by atoms with E-state index < -0.39 is 6.04 Å². The van der Waals surface area contributed by atoms with Gasteiger partial charge in [0.15, 0.2) is 0 Å². The highest BCUT2D eigenvalue weighted by molar-refractivity contribution is 6.02. The van der Waals surface area contributed by atoms with Crippen molar-refractivity contribution in [3.63, 3.8) is 0 Å². The average Bonchev–Trinajstić information content (AvgIpc) is 3.15. The van der Waals surface area contributed by atoms with E-state index in [9.17, 15) is 9.59 Å². The minimum absolute atomic E-state index is 0. The number of rotatable bonds is 5. The molecule has 168 valence electrons. The maximum atomic E-state index is 12.3. The summed E-state index contributed by atoms with van der Waals surface area (Å²) in [6, 6.07) is 1.08. The number of amides is 2. The van der Waals surface area contributed by atoms with Gasteiger partial charge in [0.05, 0.1) is 24.0 Å². The molecule has 0 aliphatic carbocycles. The first-order chi connectivity index (χ1) is 13.0. The zero-order chi connectivity index (χ0) is 19.4. The van der Waals surface area contributed by atoms with E-state index in [1.165, 1.54) is 0 Å². The number of likely N-dealkylation sites (tertiary alicyclic amines) is 1. The third-order valence-electron chi connectivity index (χ3n) is 4.59. The second-order valence-electron chi connectivity index (χ2n) is 6.55. The SMILES string of the molecule is Cc1nccc(C(=O)Nc2cnn(C3CCN(C(=O)[C@@H](N)CN)CC3)c2)n1.Cl.Cl.Cl. The lowest BCUT2D eigenvalue weighted by atomic mass is 10.0. The van der Waals surface area contributed by atoms with E-state index >= 15 is 0 Å². The van der Waals surface area contributed by atoms with Crippen LogP contribution in [0.15, 0.2) is 24.7 Å². The maximum Gasteiger partial charge on any atom is 0.274 e. The van der Waals surface area contributed by atoms with Crippen molar-refractivity contribution < 1.29 is 9.59 Å². The van der Waals surface area contributed by atoms with Crippen LogP contribution in [0.25, 0.3) is 0 Å². The van der Waals surface area contributed by atoms with Crippen LogP contribution in [0.5, 0.6) is 0 Å². The number of nitrogens with zero attached hydrogens (tertiary/aromatic N) is 5. The summed E-state index contributed by atoms with van der Waals surface area (Å²) in [4.78, 5) is 34.2. The molecule has 1 aliphatic heterocycles. The molecule has 1 saturated heterocycles. The second kappa shape index (κ2) is 12.7. The Morgan fingerprint density at radius 1 is 1.27 bits per heavy atom. The highest BCUT2D eigenvalue weighted by Crippen LogP contribution is 2.23. The van der Waals surface area contributed by atoms with Crippen molar-refractivity contribution in [2.75, 3.05) is 25.0 Å². The van der Waals surface area contributed by atoms with E-state index in [0.717, 1.165) is 12.8 Å². The van der Waals surface area contributed by atoms with Crippen molar-refractivity contribution in [3.05, 3.63) is 36.2 Å². The fraction of sp³-hybridized carbons (Fsp3) is 0.471. The van der Waals surface area contributed by atoms with Gasteiger partial charge in [0.2, 0.25) is 5.91 Å². The van der Waals surface area contributed by atoms with Gasteiger partial charge in [0, 0.05) is 32.0 Å². The molecule has 1 aliphatic rings. The molecule has 3 heterocycles. The zero-order valence-electron chi connectivity index (χ0n) is 16.4. The van der Waals surface area contributed by atoms with Gasteiger partial charge in [-0.1, -0.05) is 0 Å². The molecule has 10 nitrogen and oxygen atoms in total. The van der Waals surface area contributed by atoms with Crippen LogP contribution in [-0.4, -0.2) is 62.1 Å². The first-order valence-electron chi connectivity index (χ1n) is 8.87. The first-order valence-corrected chi connectivity index (χ1v) is 8.87. The standard InChI is InChI=1S/C17H24N8O2.3ClH/c1-11-20-5-2-15(22-11)16(26)23-12-9-21-25(10-12)13-3-6-24(7-4-13)17(27)14(19)8-18;;;/h2,5,9-10,13-14H,3-4,6-8,18-19H2,1H3,(H,23,26);3*1H/t14-;;;/m0.../s1. The molecule has 0 bridgehead atoms. The minimum Gasteiger partial charge on any atom is -0.341 e. The topological polar surface area (TPSA) is 145 Å². The van der Waals surface area contributed by atoms with Crippen LogP contribution < -0.4 is 16.8 Å². The molecule has 0 radical (unpaired) electrons. The fourth-order valence-electron chi connectivity index (χ4n) is 3.07. The van der Waals surface area contributed by atoms with Gasteiger partial charge in [-0.15, -0.1) is 37.2 Å². The van der Waals surface area contributed by atoms with Crippen LogP contribution in [0, 0.1) is 6.92 Å². The normalized spacial score (nSPS) is 14.6. The number of anilines is 1. The van der Waals surface area contributed by atoms with Crippen molar-refractivity contribution in [1.29, 1.82) is 0 Å². The molecule has 2 amide bonds. The van der Waals surface area contributed by atoms with Crippen LogP contribution in [0.1, 0.15) is 35.2 Å². The summed E-state index contributed by atoms with van der Waals surface area (Å²) in [7, 11) is 0. The summed E-state index contributed by atoms with van der Waals surface area (Å²) >= 11 is 0. The van der Waals surface area contributed by atoms with Gasteiger partial charge in [-0.2, -0.15) is 5.10 Å². The van der Waals surface area contributed by atoms with Crippen LogP contribution >= 0.6 is 37.2 Å². The Morgan fingerprint density at radius 3 is 2.53 bits per heavy atom. The lowest BCUT2D eigenvalue weighted by molar-refractivity contribution is -0.133. The Bertz CT molecular complexity index is 827. The summed E-state index contributed by atoms with van der Waals surface area (Å²) < 4.78 is 1.82. The Labute approximate surface area is 193 Å². The van der Waals surface area contributed by atoms with Crippen LogP contribution in [0.4, 0.5) is 5.69 Å². The number of piperidine rings is 1. The van der Waals surface area contributed by atoms with Gasteiger partial charge in [0.1, 0.15) is 11.5 Å². The van der Waals surface area contributed by atoms with Crippen molar-refractivity contribution in [2.45, 2.75) is 31.8 Å². The molecule has 13 heteroatoms. The van der Waals surface area contributed by atoms with Gasteiger partial charge in [-0.25, -0.2) is 9.97 Å². The minimum atomic E-state index is -0.640. The fourth-order valence-corrected chi connectivity index (χ4v) is 3.07. The monoisotopic (exact) mass is 480 g/mol. The molecule has 3 rings (SSSR count). The molecule has 2 aromatic heterocycles. The number of halogens is 3. The average molecular weight is 482 g/mol. The molecule has 0 unspecified atom stereocenters. The Kier molecular flexibility index (Phi) is 11.8. The third kappa shape index (κ3) is 6.78. The molecule has 5 N–H and O–H groups in total. The van der Waals surface area contributed by atoms with Gasteiger partial charge in [-0.3, -0.25) is 14.3 Å². The van der Waals surface area contributed by atoms with Gasteiger partial charge in [-0.05, 0) is 25.8 Å². The summed E-state index contributed by atoms with van der Waals surface area (Å²) in [5.74, 6) is 0.120. The number of hydrogen-bond donors (Lipinski definition) is 3. The van der Waals surface area contributed by atoms with E-state index in [-0.39, 0.29) is 61.6 Å². The van der Waals surface area contributed by atoms with Crippen molar-refractivity contribution in [3.8, 4) is 0 Å². The van der Waals surface area contributed by atoms with E-state index in [1.54, 1.807) is 36.5 Å². The predicted molar refractivity (Wildman–Crippen MR) is 121 cm³/mol. The van der Waals surface area contributed by atoms with Crippen molar-refractivity contribution >= 4 is 54.7 Å². The summed E-state index contributed by atoms with van der Waals surface area (Å²) in [6.07, 6.45) is 6.48. The quantitative estimate of drug-likeness (QED) is 0.576. The largest absolute Gasteiger partial charge is 0.341 e. The molecule has 0 aromatic carbocycles. The molecule has 0 spiro atoms. The lowest BCUT2D eigenvalue weighted by Crippen LogP contribution is -2.50. The smallest absolute Gasteiger partial charge is 0.274 e. The van der Waals surface area contributed by atoms with E-state index in [4.69, 9.17) is 11.5 Å². The van der Waals surface area contributed by atoms with Crippen LogP contribution in [0.3, 0.4) is 0 Å². The number of aromatic nitrogens is 4. The number of nitrogens with two attached hydrogens (primary N) is 2. The summed E-state index contributed by atoms with van der Waals surface area (Å²) in [6.45, 7) is 3.09. The third-order valence-corrected chi connectivity index (χ3v) is 4.59. The number of nitrogens with one attached hydrogen (secondary N) is 1. The number of hydrogen-bond acceptors (Lipinski definition) is 7. The predicted octanol–water partition coefficient (Wildman–Crippen LogP) is 0.949. The maximum absolute atomic E-state index is 12.3. The highest BCUT2D eigenvalue weighted by atomic mass is 35.5. The molecule has 2 aromatic rings. The number of carbonyl (C=O) groups is 2. The Morgan fingerprint density at radius 2 is 1.93 bits per heavy atom. The molecule has 0 saturated carbocycles. The van der Waals surface area contributed by atoms with Crippen molar-refractivity contribution in [1.82, 2.24) is 24.6 Å². The summed E-state index contributed by atoms with van der Waals surface area (Å²) in [5, 5.41) is 7.13. The van der Waals surface area contributed by atoms with Crippen molar-refractivity contribution in [2.24, 2.45) is 11.5 Å².